The lowest BCUT2D eigenvalue weighted by Gasteiger charge is -2.22. The third kappa shape index (κ3) is 3.35. The summed E-state index contributed by atoms with van der Waals surface area (Å²) in [5, 5.41) is 5.96. The second kappa shape index (κ2) is 5.74. The number of carbonyl (C=O) groups is 1. The fourth-order valence-electron chi connectivity index (χ4n) is 1.89. The molecule has 0 saturated heterocycles. The van der Waals surface area contributed by atoms with Gasteiger partial charge in [0.25, 0.3) is 5.91 Å². The van der Waals surface area contributed by atoms with Crippen molar-refractivity contribution >= 4 is 32.6 Å². The molecule has 2 aromatic rings. The van der Waals surface area contributed by atoms with Crippen molar-refractivity contribution in [2.75, 3.05) is 11.9 Å². The van der Waals surface area contributed by atoms with Crippen molar-refractivity contribution in [3.63, 3.8) is 0 Å². The van der Waals surface area contributed by atoms with Gasteiger partial charge in [0, 0.05) is 17.4 Å². The van der Waals surface area contributed by atoms with Crippen LogP contribution < -0.4 is 5.32 Å². The Morgan fingerprint density at radius 2 is 1.84 bits per heavy atom. The zero-order valence-electron chi connectivity index (χ0n) is 11.2. The summed E-state index contributed by atoms with van der Waals surface area (Å²) in [5.41, 5.74) is 0.795. The van der Waals surface area contributed by atoms with E-state index in [4.69, 9.17) is 0 Å². The Bertz CT molecular complexity index is 587. The summed E-state index contributed by atoms with van der Waals surface area (Å²) in [6.07, 6.45) is 0. The number of fused-ring (bicyclic) bond motifs is 1. The molecule has 0 aromatic heterocycles. The number of amides is 1. The van der Waals surface area contributed by atoms with Gasteiger partial charge in [-0.2, -0.15) is 0 Å². The highest BCUT2D eigenvalue weighted by Crippen LogP contribution is 2.20. The second-order valence-corrected chi connectivity index (χ2v) is 6.07. The lowest BCUT2D eigenvalue weighted by Crippen LogP contribution is -2.34. The van der Waals surface area contributed by atoms with Gasteiger partial charge >= 0.3 is 0 Å². The highest BCUT2D eigenvalue weighted by atomic mass is 79.9. The molecule has 1 amide bonds. The normalized spacial score (nSPS) is 11.5. The van der Waals surface area contributed by atoms with Crippen LogP contribution >= 0.6 is 15.9 Å². The predicted molar refractivity (Wildman–Crippen MR) is 83.9 cm³/mol. The number of carbonyl (C=O) groups excluding carboxylic acids is 1. The molecule has 0 heterocycles. The average Bonchev–Trinajstić information content (AvgIpc) is 2.44. The summed E-state index contributed by atoms with van der Waals surface area (Å²) >= 11 is 3.47. The zero-order valence-corrected chi connectivity index (χ0v) is 12.8. The topological polar surface area (TPSA) is 29.1 Å². The molecular formula is C16H18BrNO. The van der Waals surface area contributed by atoms with Gasteiger partial charge in [-0.1, -0.05) is 66.2 Å². The maximum Gasteiger partial charge on any atom is 0.251 e. The van der Waals surface area contributed by atoms with Crippen LogP contribution in [-0.4, -0.2) is 17.8 Å². The molecule has 2 nitrogen and oxygen atoms in total. The quantitative estimate of drug-likeness (QED) is 0.848. The third-order valence-corrected chi connectivity index (χ3v) is 4.64. The lowest BCUT2D eigenvalue weighted by atomic mass is 9.96. The minimum Gasteiger partial charge on any atom is -0.351 e. The van der Waals surface area contributed by atoms with Gasteiger partial charge in [0.2, 0.25) is 0 Å². The van der Waals surface area contributed by atoms with E-state index in [-0.39, 0.29) is 11.3 Å². The highest BCUT2D eigenvalue weighted by molar-refractivity contribution is 9.09. The molecule has 1 N–H and O–H groups in total. The molecule has 0 saturated carbocycles. The van der Waals surface area contributed by atoms with Crippen molar-refractivity contribution in [2.24, 2.45) is 5.41 Å². The van der Waals surface area contributed by atoms with Crippen molar-refractivity contribution in [2.45, 2.75) is 13.8 Å². The van der Waals surface area contributed by atoms with Crippen LogP contribution in [0.25, 0.3) is 10.8 Å². The Hall–Kier alpha value is -1.35. The van der Waals surface area contributed by atoms with Crippen LogP contribution in [0.2, 0.25) is 0 Å². The van der Waals surface area contributed by atoms with E-state index >= 15 is 0 Å². The van der Waals surface area contributed by atoms with E-state index in [1.54, 1.807) is 0 Å². The van der Waals surface area contributed by atoms with Crippen LogP contribution in [0.3, 0.4) is 0 Å². The third-order valence-electron chi connectivity index (χ3n) is 3.12. The molecule has 2 aromatic carbocycles. The van der Waals surface area contributed by atoms with Gasteiger partial charge in [-0.3, -0.25) is 4.79 Å². The molecule has 0 aliphatic rings. The molecule has 19 heavy (non-hydrogen) atoms. The number of benzene rings is 2. The molecule has 0 fully saturated rings. The van der Waals surface area contributed by atoms with Crippen LogP contribution in [0.1, 0.15) is 24.2 Å². The van der Waals surface area contributed by atoms with Gasteiger partial charge < -0.3 is 5.32 Å². The Morgan fingerprint density at radius 3 is 2.58 bits per heavy atom. The summed E-state index contributed by atoms with van der Waals surface area (Å²) in [4.78, 5) is 12.3. The van der Waals surface area contributed by atoms with E-state index in [2.05, 4.69) is 35.1 Å². The maximum atomic E-state index is 12.3. The lowest BCUT2D eigenvalue weighted by molar-refractivity contribution is 0.0942. The Morgan fingerprint density at radius 1 is 1.16 bits per heavy atom. The first-order valence-electron chi connectivity index (χ1n) is 6.35. The first-order chi connectivity index (χ1) is 9.03. The Kier molecular flexibility index (Phi) is 4.25. The van der Waals surface area contributed by atoms with Gasteiger partial charge in [0.15, 0.2) is 0 Å². The molecule has 0 radical (unpaired) electrons. The van der Waals surface area contributed by atoms with E-state index in [1.807, 2.05) is 42.5 Å². The largest absolute Gasteiger partial charge is 0.351 e. The van der Waals surface area contributed by atoms with Gasteiger partial charge in [-0.15, -0.1) is 0 Å². The number of rotatable bonds is 4. The Labute approximate surface area is 122 Å². The fourth-order valence-corrected chi connectivity index (χ4v) is 2.08. The van der Waals surface area contributed by atoms with Crippen LogP contribution in [0.15, 0.2) is 42.5 Å². The standard InChI is InChI=1S/C16H18BrNO/c1-16(2,10-17)11-18-15(19)14-9-5-7-12-6-3-4-8-13(12)14/h3-9H,10-11H2,1-2H3,(H,18,19). The summed E-state index contributed by atoms with van der Waals surface area (Å²) < 4.78 is 0. The predicted octanol–water partition coefficient (Wildman–Crippen LogP) is 3.99. The van der Waals surface area contributed by atoms with Crippen LogP contribution in [0.5, 0.6) is 0 Å². The Balaban J connectivity index is 2.23. The molecule has 0 aliphatic heterocycles. The number of hydrogen-bond donors (Lipinski definition) is 1. The van der Waals surface area contributed by atoms with Crippen molar-refractivity contribution in [1.82, 2.24) is 5.32 Å². The van der Waals surface area contributed by atoms with Gasteiger partial charge in [-0.25, -0.2) is 0 Å². The molecule has 0 aliphatic carbocycles. The van der Waals surface area contributed by atoms with Crippen LogP contribution in [-0.2, 0) is 0 Å². The monoisotopic (exact) mass is 319 g/mol. The van der Waals surface area contributed by atoms with Crippen LogP contribution in [0, 0.1) is 5.41 Å². The van der Waals surface area contributed by atoms with E-state index in [0.717, 1.165) is 21.7 Å². The van der Waals surface area contributed by atoms with Crippen molar-refractivity contribution in [3.8, 4) is 0 Å². The smallest absolute Gasteiger partial charge is 0.251 e. The van der Waals surface area contributed by atoms with Gasteiger partial charge in [0.1, 0.15) is 0 Å². The minimum atomic E-state index is -0.00850. The molecule has 100 valence electrons. The number of alkyl halides is 1. The average molecular weight is 320 g/mol. The zero-order chi connectivity index (χ0) is 13.9. The van der Waals surface area contributed by atoms with Crippen molar-refractivity contribution in [1.29, 1.82) is 0 Å². The summed E-state index contributed by atoms with van der Waals surface area (Å²) in [6, 6.07) is 13.8. The van der Waals surface area contributed by atoms with Crippen LogP contribution in [0.4, 0.5) is 0 Å². The maximum absolute atomic E-state index is 12.3. The second-order valence-electron chi connectivity index (χ2n) is 5.51. The first kappa shape index (κ1) is 14.1. The van der Waals surface area contributed by atoms with Gasteiger partial charge in [-0.05, 0) is 22.3 Å². The molecule has 0 spiro atoms. The number of halogens is 1. The molecular weight excluding hydrogens is 302 g/mol. The molecule has 0 atom stereocenters. The number of hydrogen-bond acceptors (Lipinski definition) is 1. The van der Waals surface area contributed by atoms with E-state index in [9.17, 15) is 4.79 Å². The molecule has 0 bridgehead atoms. The number of nitrogens with one attached hydrogen (secondary N) is 1. The summed E-state index contributed by atoms with van der Waals surface area (Å²) in [7, 11) is 0. The SMILES string of the molecule is CC(C)(CBr)CNC(=O)c1cccc2ccccc12. The molecule has 3 heteroatoms. The molecule has 2 rings (SSSR count). The fraction of sp³-hybridized carbons (Fsp3) is 0.312. The van der Waals surface area contributed by atoms with Crippen molar-refractivity contribution in [3.05, 3.63) is 48.0 Å². The summed E-state index contributed by atoms with van der Waals surface area (Å²) in [6.45, 7) is 4.89. The minimum absolute atomic E-state index is 0.00850. The van der Waals surface area contributed by atoms with Gasteiger partial charge in [0.05, 0.1) is 0 Å². The van der Waals surface area contributed by atoms with E-state index < -0.39 is 0 Å². The summed E-state index contributed by atoms with van der Waals surface area (Å²) in [5.74, 6) is -0.00850. The van der Waals surface area contributed by atoms with E-state index in [1.165, 1.54) is 0 Å². The van der Waals surface area contributed by atoms with Crippen molar-refractivity contribution < 1.29 is 4.79 Å². The highest BCUT2D eigenvalue weighted by Gasteiger charge is 2.18. The first-order valence-corrected chi connectivity index (χ1v) is 7.47. The van der Waals surface area contributed by atoms with E-state index in [0.29, 0.717) is 6.54 Å². The molecule has 0 unspecified atom stereocenters.